The van der Waals surface area contributed by atoms with Crippen LogP contribution in [0.3, 0.4) is 0 Å². The number of hydrogen-bond acceptors (Lipinski definition) is 5. The van der Waals surface area contributed by atoms with Crippen molar-refractivity contribution in [2.24, 2.45) is 5.92 Å². The number of anilines is 1. The van der Waals surface area contributed by atoms with Crippen LogP contribution in [0, 0.1) is 12.8 Å². The molecule has 1 aromatic heterocycles. The number of nitrogens with zero attached hydrogens (tertiary/aromatic N) is 4. The lowest BCUT2D eigenvalue weighted by Crippen LogP contribution is -2.41. The standard InChI is InChI=1S/C55H42F6N4OS/c1-26(2)28(4)63-29(5)39-18-19-40-30(6)64(31(7)41-20-21-42(53(63)66)50(39)49(40)41)65-32(8)43-24-45(54(56,57)58)47-34(10)62(36-15-13-17-38(23-36)67-37-16-12-14-27(3)22-37)35(11)48-46(55(59,60)61)25-44(33(65)9)51(43)52(47)48/h12-26,28H,5-11H2,1-4H3. The maximum Gasteiger partial charge on any atom is 0.417 e. The van der Waals surface area contributed by atoms with Crippen molar-refractivity contribution in [2.45, 2.75) is 55.9 Å². The number of aromatic nitrogens is 1. The van der Waals surface area contributed by atoms with Crippen LogP contribution < -0.4 is 15.8 Å². The first kappa shape index (κ1) is 43.7. The molecular formula is C55H42F6N4OS. The van der Waals surface area contributed by atoms with Crippen molar-refractivity contribution in [1.82, 2.24) is 14.6 Å². The third-order valence-electron chi connectivity index (χ3n) is 13.5. The van der Waals surface area contributed by atoms with E-state index in [-0.39, 0.29) is 79.3 Å². The van der Waals surface area contributed by atoms with Gasteiger partial charge in [0.15, 0.2) is 0 Å². The molecule has 3 aliphatic rings. The van der Waals surface area contributed by atoms with E-state index >= 15 is 26.3 Å². The fourth-order valence-electron chi connectivity index (χ4n) is 10.1. The molecule has 67 heavy (non-hydrogen) atoms. The molecule has 4 heterocycles. The molecule has 3 aliphatic heterocycles. The summed E-state index contributed by atoms with van der Waals surface area (Å²) in [6.45, 7) is 38.0. The van der Waals surface area contributed by atoms with Crippen molar-refractivity contribution in [3.63, 3.8) is 0 Å². The minimum absolute atomic E-state index is 0.0157. The summed E-state index contributed by atoms with van der Waals surface area (Å²) in [5.74, 6) is 0.134. The third-order valence-corrected chi connectivity index (χ3v) is 14.5. The molecule has 10 rings (SSSR count). The average molecular weight is 921 g/mol. The zero-order valence-corrected chi connectivity index (χ0v) is 37.9. The molecule has 336 valence electrons. The van der Waals surface area contributed by atoms with E-state index in [4.69, 9.17) is 0 Å². The molecule has 0 spiro atoms. The number of alkyl halides is 6. The molecule has 12 heteroatoms. The zero-order valence-electron chi connectivity index (χ0n) is 37.1. The summed E-state index contributed by atoms with van der Waals surface area (Å²) in [5, 5.41) is 5.73. The Bertz CT molecular complexity index is 3440. The van der Waals surface area contributed by atoms with Crippen molar-refractivity contribution in [3.05, 3.63) is 190 Å². The van der Waals surface area contributed by atoms with E-state index in [1.54, 1.807) is 34.9 Å². The predicted octanol–water partition coefficient (Wildman–Crippen LogP) is 14.7. The van der Waals surface area contributed by atoms with Crippen LogP contribution >= 0.6 is 11.8 Å². The first-order valence-electron chi connectivity index (χ1n) is 21.4. The summed E-state index contributed by atoms with van der Waals surface area (Å²) in [6, 6.07) is 23.4. The predicted molar refractivity (Wildman–Crippen MR) is 262 cm³/mol. The van der Waals surface area contributed by atoms with Crippen molar-refractivity contribution in [3.8, 4) is 0 Å². The minimum Gasteiger partial charge on any atom is -0.310 e. The van der Waals surface area contributed by atoms with Gasteiger partial charge in [0.25, 0.3) is 5.56 Å². The van der Waals surface area contributed by atoms with Gasteiger partial charge in [-0.25, -0.2) is 10.0 Å². The SMILES string of the molecule is C=C1c2c(C(F)(F)F)cc3c4c(cc(C(F)(F)F)c(c24)C(=C)N1c1cccc(Sc2cccc(C)c2)c1)C(=C)N(N1C(=C)c2ccc4c(=C)n(C(C)C(C)C)c(=O)c5ccc(c2c45)C1=C)C3=C. The topological polar surface area (TPSA) is 31.7 Å². The van der Waals surface area contributed by atoms with Crippen LogP contribution in [-0.2, 0) is 12.4 Å². The van der Waals surface area contributed by atoms with Crippen LogP contribution in [0.25, 0.3) is 73.1 Å². The Labute approximate surface area is 386 Å². The Morgan fingerprint density at radius 1 is 0.537 bits per heavy atom. The largest absolute Gasteiger partial charge is 0.417 e. The van der Waals surface area contributed by atoms with Crippen LogP contribution in [0.4, 0.5) is 32.0 Å². The summed E-state index contributed by atoms with van der Waals surface area (Å²) < 4.78 is 96.0. The number of hydrazine groups is 1. The Balaban J connectivity index is 1.15. The summed E-state index contributed by atoms with van der Waals surface area (Å²) in [5.41, 5.74) is -1.23. The average Bonchev–Trinajstić information content (AvgIpc) is 3.26. The monoisotopic (exact) mass is 920 g/mol. The second-order valence-corrected chi connectivity index (χ2v) is 18.8. The van der Waals surface area contributed by atoms with Crippen LogP contribution in [0.5, 0.6) is 0 Å². The van der Waals surface area contributed by atoms with Gasteiger partial charge in [-0.2, -0.15) is 26.3 Å². The van der Waals surface area contributed by atoms with E-state index in [0.29, 0.717) is 37.5 Å². The lowest BCUT2D eigenvalue weighted by molar-refractivity contribution is -0.138. The summed E-state index contributed by atoms with van der Waals surface area (Å²) in [6.07, 6.45) is -10.1. The van der Waals surface area contributed by atoms with Crippen molar-refractivity contribution >= 4 is 90.5 Å². The van der Waals surface area contributed by atoms with Gasteiger partial charge in [0, 0.05) is 104 Å². The zero-order chi connectivity index (χ0) is 48.1. The van der Waals surface area contributed by atoms with E-state index in [0.717, 1.165) is 28.0 Å². The highest BCUT2D eigenvalue weighted by Crippen LogP contribution is 2.58. The number of halogens is 6. The first-order chi connectivity index (χ1) is 31.5. The number of rotatable bonds is 6. The fourth-order valence-corrected chi connectivity index (χ4v) is 11.1. The van der Waals surface area contributed by atoms with Crippen molar-refractivity contribution < 1.29 is 26.3 Å². The van der Waals surface area contributed by atoms with E-state index in [1.807, 2.05) is 70.2 Å². The normalized spacial score (nSPS) is 15.7. The number of benzene rings is 6. The molecular weight excluding hydrogens is 879 g/mol. The molecule has 5 nitrogen and oxygen atoms in total. The quantitative estimate of drug-likeness (QED) is 0.155. The maximum atomic E-state index is 15.7. The highest BCUT2D eigenvalue weighted by atomic mass is 32.2. The lowest BCUT2D eigenvalue weighted by Gasteiger charge is -2.47. The number of aryl methyl sites for hydroxylation is 1. The van der Waals surface area contributed by atoms with Crippen LogP contribution in [0.2, 0.25) is 0 Å². The van der Waals surface area contributed by atoms with Crippen LogP contribution in [0.1, 0.15) is 76.9 Å². The van der Waals surface area contributed by atoms with Gasteiger partial charge >= 0.3 is 12.4 Å². The van der Waals surface area contributed by atoms with E-state index < -0.39 is 34.6 Å². The second-order valence-electron chi connectivity index (χ2n) is 17.7. The molecule has 0 aliphatic carbocycles. The molecule has 0 saturated carbocycles. The molecule has 0 N–H and O–H groups in total. The van der Waals surface area contributed by atoms with E-state index in [1.165, 1.54) is 26.7 Å². The smallest absolute Gasteiger partial charge is 0.310 e. The van der Waals surface area contributed by atoms with E-state index in [9.17, 15) is 4.79 Å². The minimum atomic E-state index is -5.07. The molecule has 0 fully saturated rings. The van der Waals surface area contributed by atoms with Gasteiger partial charge in [0.1, 0.15) is 0 Å². The first-order valence-corrected chi connectivity index (χ1v) is 22.2. The Morgan fingerprint density at radius 2 is 1.01 bits per heavy atom. The van der Waals surface area contributed by atoms with Crippen molar-refractivity contribution in [2.75, 3.05) is 4.90 Å². The fraction of sp³-hybridized carbons (Fsp3) is 0.145. The Morgan fingerprint density at radius 3 is 1.52 bits per heavy atom. The molecule has 7 aromatic rings. The molecule has 6 aromatic carbocycles. The number of hydrogen-bond donors (Lipinski definition) is 0. The summed E-state index contributed by atoms with van der Waals surface area (Å²) >= 11 is 1.40. The maximum absolute atomic E-state index is 15.7. The highest BCUT2D eigenvalue weighted by Gasteiger charge is 2.47. The molecule has 0 bridgehead atoms. The van der Waals surface area contributed by atoms with Gasteiger partial charge in [0.05, 0.1) is 33.9 Å². The van der Waals surface area contributed by atoms with Crippen LogP contribution in [-0.4, -0.2) is 14.6 Å². The van der Waals surface area contributed by atoms with Gasteiger partial charge in [0.2, 0.25) is 0 Å². The lowest BCUT2D eigenvalue weighted by atomic mass is 9.78. The molecule has 0 saturated heterocycles. The second kappa shape index (κ2) is 14.7. The van der Waals surface area contributed by atoms with Gasteiger partial charge in [-0.15, -0.1) is 0 Å². The molecule has 1 unspecified atom stereocenters. The van der Waals surface area contributed by atoms with Gasteiger partial charge < -0.3 is 9.47 Å². The molecule has 0 amide bonds. The summed E-state index contributed by atoms with van der Waals surface area (Å²) in [7, 11) is 0. The Kier molecular flexibility index (Phi) is 9.56. The van der Waals surface area contributed by atoms with Gasteiger partial charge in [-0.1, -0.05) is 114 Å². The molecule has 0 radical (unpaired) electrons. The summed E-state index contributed by atoms with van der Waals surface area (Å²) in [4.78, 5) is 17.0. The number of pyridine rings is 1. The Hall–Kier alpha value is -7.18. The molecule has 1 atom stereocenters. The van der Waals surface area contributed by atoms with Crippen LogP contribution in [0.15, 0.2) is 139 Å². The third kappa shape index (κ3) is 6.21. The van der Waals surface area contributed by atoms with Gasteiger partial charge in [-0.05, 0) is 68.3 Å². The highest BCUT2D eigenvalue weighted by molar-refractivity contribution is 7.99. The van der Waals surface area contributed by atoms with E-state index in [2.05, 4.69) is 46.1 Å². The van der Waals surface area contributed by atoms with Gasteiger partial charge in [-0.3, -0.25) is 4.79 Å². The van der Waals surface area contributed by atoms with Crippen molar-refractivity contribution in [1.29, 1.82) is 0 Å².